The molecule has 0 aromatic heterocycles. The molecule has 0 bridgehead atoms. The number of carboxylic acids is 1. The van der Waals surface area contributed by atoms with E-state index in [1.807, 2.05) is 12.2 Å². The molecule has 1 heterocycles. The number of nitrogens with zero attached hydrogens (tertiary/aromatic N) is 2. The van der Waals surface area contributed by atoms with Crippen LogP contribution < -0.4 is 0 Å². The normalized spacial score (nSPS) is 17.0. The first-order chi connectivity index (χ1) is 7.52. The molecule has 0 aromatic carbocycles. The van der Waals surface area contributed by atoms with Crippen LogP contribution in [0.1, 0.15) is 13.3 Å². The summed E-state index contributed by atoms with van der Waals surface area (Å²) in [6.45, 7) is 3.17. The molecular weight excluding hydrogens is 208 g/mol. The van der Waals surface area contributed by atoms with E-state index < -0.39 is 11.9 Å². The summed E-state index contributed by atoms with van der Waals surface area (Å²) in [7, 11) is 1.64. The predicted molar refractivity (Wildman–Crippen MR) is 60.2 cm³/mol. The molecule has 0 saturated heterocycles. The largest absolute Gasteiger partial charge is 0.481 e. The van der Waals surface area contributed by atoms with Crippen molar-refractivity contribution < 1.29 is 14.7 Å². The maximum atomic E-state index is 11.9. The third-order valence-corrected chi connectivity index (χ3v) is 2.62. The first-order valence-corrected chi connectivity index (χ1v) is 5.40. The Morgan fingerprint density at radius 2 is 2.19 bits per heavy atom. The van der Waals surface area contributed by atoms with E-state index in [4.69, 9.17) is 5.11 Å². The Morgan fingerprint density at radius 1 is 1.50 bits per heavy atom. The van der Waals surface area contributed by atoms with Crippen LogP contribution in [-0.4, -0.2) is 53.6 Å². The molecule has 90 valence electrons. The van der Waals surface area contributed by atoms with Crippen molar-refractivity contribution in [3.05, 3.63) is 12.2 Å². The van der Waals surface area contributed by atoms with Gasteiger partial charge in [-0.15, -0.1) is 0 Å². The fourth-order valence-corrected chi connectivity index (χ4v) is 1.62. The molecule has 0 aliphatic carbocycles. The summed E-state index contributed by atoms with van der Waals surface area (Å²) in [5.41, 5.74) is 0. The lowest BCUT2D eigenvalue weighted by molar-refractivity contribution is -0.141. The average molecular weight is 226 g/mol. The molecule has 0 fully saturated rings. The summed E-state index contributed by atoms with van der Waals surface area (Å²) in [5, 5.41) is 8.76. The highest BCUT2D eigenvalue weighted by molar-refractivity contribution is 5.76. The summed E-state index contributed by atoms with van der Waals surface area (Å²) in [5.74, 6) is -1.41. The van der Waals surface area contributed by atoms with Gasteiger partial charge in [0.05, 0.1) is 5.92 Å². The number of hydrogen-bond donors (Lipinski definition) is 1. The fourth-order valence-electron chi connectivity index (χ4n) is 1.62. The van der Waals surface area contributed by atoms with Crippen LogP contribution in [-0.2, 0) is 4.79 Å². The van der Waals surface area contributed by atoms with Crippen LogP contribution in [0.2, 0.25) is 0 Å². The van der Waals surface area contributed by atoms with Gasteiger partial charge < -0.3 is 14.9 Å². The summed E-state index contributed by atoms with van der Waals surface area (Å²) in [6.07, 6.45) is 4.87. The quantitative estimate of drug-likeness (QED) is 0.731. The minimum Gasteiger partial charge on any atom is -0.481 e. The second kappa shape index (κ2) is 5.53. The van der Waals surface area contributed by atoms with Crippen molar-refractivity contribution in [2.24, 2.45) is 5.92 Å². The predicted octanol–water partition coefficient (Wildman–Crippen LogP) is 1.02. The van der Waals surface area contributed by atoms with Gasteiger partial charge in [-0.2, -0.15) is 0 Å². The number of amides is 2. The summed E-state index contributed by atoms with van der Waals surface area (Å²) in [6, 6.07) is -0.0996. The van der Waals surface area contributed by atoms with E-state index in [9.17, 15) is 9.59 Å². The van der Waals surface area contributed by atoms with E-state index in [1.54, 1.807) is 18.9 Å². The standard InChI is InChI=1S/C11H18N2O3/c1-9(10(14)15)8-12(2)11(16)13-6-4-3-5-7-13/h3-4,9H,5-8H2,1-2H3,(H,14,15). The monoisotopic (exact) mass is 226 g/mol. The average Bonchev–Trinajstić information content (AvgIpc) is 2.28. The summed E-state index contributed by atoms with van der Waals surface area (Å²) >= 11 is 0. The highest BCUT2D eigenvalue weighted by Crippen LogP contribution is 2.06. The second-order valence-corrected chi connectivity index (χ2v) is 4.11. The van der Waals surface area contributed by atoms with Crippen molar-refractivity contribution >= 4 is 12.0 Å². The molecule has 1 rings (SSSR count). The van der Waals surface area contributed by atoms with Crippen molar-refractivity contribution in [1.29, 1.82) is 0 Å². The van der Waals surface area contributed by atoms with Crippen LogP contribution in [0, 0.1) is 5.92 Å². The number of aliphatic carboxylic acids is 1. The van der Waals surface area contributed by atoms with E-state index in [-0.39, 0.29) is 12.6 Å². The molecule has 0 spiro atoms. The lowest BCUT2D eigenvalue weighted by Gasteiger charge is -2.29. The van der Waals surface area contributed by atoms with Crippen LogP contribution in [0.25, 0.3) is 0 Å². The smallest absolute Gasteiger partial charge is 0.320 e. The number of urea groups is 1. The van der Waals surface area contributed by atoms with E-state index in [1.165, 1.54) is 4.90 Å². The van der Waals surface area contributed by atoms with Gasteiger partial charge >= 0.3 is 12.0 Å². The zero-order valence-corrected chi connectivity index (χ0v) is 9.72. The van der Waals surface area contributed by atoms with Crippen molar-refractivity contribution in [3.8, 4) is 0 Å². The Kier molecular flexibility index (Phi) is 4.34. The van der Waals surface area contributed by atoms with Crippen LogP contribution in [0.4, 0.5) is 4.79 Å². The highest BCUT2D eigenvalue weighted by atomic mass is 16.4. The number of carbonyl (C=O) groups is 2. The van der Waals surface area contributed by atoms with Gasteiger partial charge in [-0.1, -0.05) is 19.1 Å². The molecule has 5 heteroatoms. The van der Waals surface area contributed by atoms with Gasteiger partial charge in [-0.3, -0.25) is 4.79 Å². The molecule has 0 radical (unpaired) electrons. The van der Waals surface area contributed by atoms with E-state index in [0.717, 1.165) is 6.42 Å². The molecule has 1 aliphatic rings. The van der Waals surface area contributed by atoms with Crippen LogP contribution in [0.3, 0.4) is 0 Å². The van der Waals surface area contributed by atoms with Gasteiger partial charge in [-0.25, -0.2) is 4.79 Å². The molecular formula is C11H18N2O3. The molecule has 1 atom stereocenters. The van der Waals surface area contributed by atoms with Crippen molar-refractivity contribution in [1.82, 2.24) is 9.80 Å². The first kappa shape index (κ1) is 12.5. The van der Waals surface area contributed by atoms with Crippen molar-refractivity contribution in [2.75, 3.05) is 26.7 Å². The number of rotatable bonds is 3. The highest BCUT2D eigenvalue weighted by Gasteiger charge is 2.21. The van der Waals surface area contributed by atoms with Crippen LogP contribution >= 0.6 is 0 Å². The maximum absolute atomic E-state index is 11.9. The van der Waals surface area contributed by atoms with Crippen LogP contribution in [0.15, 0.2) is 12.2 Å². The molecule has 1 N–H and O–H groups in total. The maximum Gasteiger partial charge on any atom is 0.320 e. The van der Waals surface area contributed by atoms with Crippen LogP contribution in [0.5, 0.6) is 0 Å². The van der Waals surface area contributed by atoms with Gasteiger partial charge in [0.2, 0.25) is 0 Å². The Bertz CT molecular complexity index is 302. The lowest BCUT2D eigenvalue weighted by atomic mass is 10.2. The Balaban J connectivity index is 2.46. The minimum absolute atomic E-state index is 0.0996. The zero-order valence-electron chi connectivity index (χ0n) is 9.72. The molecule has 5 nitrogen and oxygen atoms in total. The topological polar surface area (TPSA) is 60.9 Å². The number of carboxylic acid groups (broad SMARTS) is 1. The van der Waals surface area contributed by atoms with Crippen molar-refractivity contribution in [2.45, 2.75) is 13.3 Å². The Hall–Kier alpha value is -1.52. The van der Waals surface area contributed by atoms with Gasteiger partial charge in [0, 0.05) is 26.7 Å². The van der Waals surface area contributed by atoms with E-state index in [2.05, 4.69) is 0 Å². The van der Waals surface area contributed by atoms with Gasteiger partial charge in [-0.05, 0) is 6.42 Å². The second-order valence-electron chi connectivity index (χ2n) is 4.11. The van der Waals surface area contributed by atoms with Crippen molar-refractivity contribution in [3.63, 3.8) is 0 Å². The molecule has 2 amide bonds. The zero-order chi connectivity index (χ0) is 12.1. The fraction of sp³-hybridized carbons (Fsp3) is 0.636. The van der Waals surface area contributed by atoms with Gasteiger partial charge in [0.1, 0.15) is 0 Å². The van der Waals surface area contributed by atoms with Gasteiger partial charge in [0.25, 0.3) is 0 Å². The molecule has 0 saturated carbocycles. The van der Waals surface area contributed by atoms with E-state index in [0.29, 0.717) is 13.1 Å². The Morgan fingerprint density at radius 3 is 2.69 bits per heavy atom. The summed E-state index contributed by atoms with van der Waals surface area (Å²) in [4.78, 5) is 25.7. The molecule has 1 aliphatic heterocycles. The first-order valence-electron chi connectivity index (χ1n) is 5.40. The number of carbonyl (C=O) groups excluding carboxylic acids is 1. The molecule has 0 aromatic rings. The summed E-state index contributed by atoms with van der Waals surface area (Å²) < 4.78 is 0. The third kappa shape index (κ3) is 3.25. The third-order valence-electron chi connectivity index (χ3n) is 2.62. The van der Waals surface area contributed by atoms with Gasteiger partial charge in [0.15, 0.2) is 0 Å². The lowest BCUT2D eigenvalue weighted by Crippen LogP contribution is -2.44. The minimum atomic E-state index is -0.877. The molecule has 1 unspecified atom stereocenters. The molecule has 16 heavy (non-hydrogen) atoms. The Labute approximate surface area is 95.3 Å². The number of hydrogen-bond acceptors (Lipinski definition) is 2. The van der Waals surface area contributed by atoms with E-state index >= 15 is 0 Å². The SMILES string of the molecule is CC(CN(C)C(=O)N1CC=CCC1)C(=O)O.